The van der Waals surface area contributed by atoms with Gasteiger partial charge in [0.15, 0.2) is 0 Å². The van der Waals surface area contributed by atoms with Crippen molar-refractivity contribution < 1.29 is 13.2 Å². The predicted molar refractivity (Wildman–Crippen MR) is 73.9 cm³/mol. The Morgan fingerprint density at radius 3 is 2.24 bits per heavy atom. The highest BCUT2D eigenvalue weighted by atomic mass is 79.9. The summed E-state index contributed by atoms with van der Waals surface area (Å²) < 4.78 is 23.3. The summed E-state index contributed by atoms with van der Waals surface area (Å²) in [7, 11) is -3.05. The zero-order chi connectivity index (χ0) is 13.1. The minimum absolute atomic E-state index is 0.0616. The lowest BCUT2D eigenvalue weighted by molar-refractivity contribution is 0.0956. The van der Waals surface area contributed by atoms with E-state index in [1.54, 1.807) is 12.1 Å². The molecule has 7 heteroatoms. The van der Waals surface area contributed by atoms with Gasteiger partial charge in [0.25, 0.3) is 5.91 Å². The number of rotatable bonds is 4. The van der Waals surface area contributed by atoms with E-state index in [-0.39, 0.29) is 18.2 Å². The number of carbonyl (C=O) groups is 1. The zero-order valence-corrected chi connectivity index (χ0v) is 13.0. The van der Waals surface area contributed by atoms with Gasteiger partial charge in [0.2, 0.25) is 0 Å². The molecule has 0 fully saturated rings. The zero-order valence-electron chi connectivity index (χ0n) is 9.04. The fourth-order valence-electron chi connectivity index (χ4n) is 1.14. The molecular weight excluding hydrogens is 374 g/mol. The smallest absolute Gasteiger partial charge is 0.251 e. The first-order valence-electron chi connectivity index (χ1n) is 4.70. The summed E-state index contributed by atoms with van der Waals surface area (Å²) in [6, 6.07) is 5.15. The maximum Gasteiger partial charge on any atom is 0.251 e. The summed E-state index contributed by atoms with van der Waals surface area (Å²) in [6.07, 6.45) is 1.13. The molecule has 1 aromatic carbocycles. The van der Waals surface area contributed by atoms with Crippen LogP contribution in [0.4, 0.5) is 0 Å². The maximum absolute atomic E-state index is 11.7. The van der Waals surface area contributed by atoms with Crippen molar-refractivity contribution in [2.45, 2.75) is 0 Å². The first-order chi connectivity index (χ1) is 7.78. The molecular formula is C10H11Br2NO3S. The number of carbonyl (C=O) groups excluding carboxylic acids is 1. The Morgan fingerprint density at radius 2 is 1.76 bits per heavy atom. The Balaban J connectivity index is 2.64. The first-order valence-corrected chi connectivity index (χ1v) is 8.34. The van der Waals surface area contributed by atoms with Gasteiger partial charge in [0.05, 0.1) is 5.75 Å². The van der Waals surface area contributed by atoms with Crippen molar-refractivity contribution >= 4 is 47.6 Å². The number of sulfone groups is 1. The number of nitrogens with one attached hydrogen (secondary N) is 1. The molecule has 1 N–H and O–H groups in total. The minimum Gasteiger partial charge on any atom is -0.351 e. The van der Waals surface area contributed by atoms with Gasteiger partial charge >= 0.3 is 0 Å². The van der Waals surface area contributed by atoms with E-state index in [4.69, 9.17) is 0 Å². The van der Waals surface area contributed by atoms with Crippen LogP contribution in [0.1, 0.15) is 10.4 Å². The van der Waals surface area contributed by atoms with Gasteiger partial charge < -0.3 is 5.32 Å². The van der Waals surface area contributed by atoms with Crippen LogP contribution >= 0.6 is 31.9 Å². The summed E-state index contributed by atoms with van der Waals surface area (Å²) in [5.41, 5.74) is 0.472. The molecule has 0 saturated carbocycles. The molecule has 1 aromatic rings. The van der Waals surface area contributed by atoms with E-state index in [2.05, 4.69) is 37.2 Å². The standard InChI is InChI=1S/C10H11Br2NO3S/c1-17(15,16)3-2-13-10(14)7-4-8(11)6-9(12)5-7/h4-6H,2-3H2,1H3,(H,13,14). The third-order valence-corrected chi connectivity index (χ3v) is 3.74. The molecule has 0 aliphatic rings. The van der Waals surface area contributed by atoms with Crippen LogP contribution in [0.5, 0.6) is 0 Å². The van der Waals surface area contributed by atoms with Gasteiger partial charge in [-0.1, -0.05) is 31.9 Å². The van der Waals surface area contributed by atoms with E-state index < -0.39 is 9.84 Å². The Bertz CT molecular complexity index is 508. The molecule has 0 atom stereocenters. The molecule has 1 amide bonds. The van der Waals surface area contributed by atoms with Crippen molar-refractivity contribution in [3.05, 3.63) is 32.7 Å². The Kier molecular flexibility index (Phi) is 5.15. The molecule has 0 aliphatic carbocycles. The lowest BCUT2D eigenvalue weighted by Crippen LogP contribution is -2.28. The van der Waals surface area contributed by atoms with Crippen molar-refractivity contribution in [3.63, 3.8) is 0 Å². The molecule has 0 aliphatic heterocycles. The van der Waals surface area contributed by atoms with E-state index in [0.29, 0.717) is 5.56 Å². The maximum atomic E-state index is 11.7. The molecule has 0 radical (unpaired) electrons. The van der Waals surface area contributed by atoms with Crippen LogP contribution in [0.15, 0.2) is 27.1 Å². The highest BCUT2D eigenvalue weighted by molar-refractivity contribution is 9.11. The molecule has 17 heavy (non-hydrogen) atoms. The summed E-state index contributed by atoms with van der Waals surface area (Å²) >= 11 is 6.55. The Labute approximate surface area is 117 Å². The van der Waals surface area contributed by atoms with Gasteiger partial charge in [-0.15, -0.1) is 0 Å². The van der Waals surface area contributed by atoms with E-state index in [9.17, 15) is 13.2 Å². The normalized spacial score (nSPS) is 11.2. The van der Waals surface area contributed by atoms with Crippen LogP contribution in [-0.2, 0) is 9.84 Å². The average molecular weight is 385 g/mol. The van der Waals surface area contributed by atoms with Crippen molar-refractivity contribution in [3.8, 4) is 0 Å². The molecule has 1 rings (SSSR count). The third kappa shape index (κ3) is 5.65. The van der Waals surface area contributed by atoms with Gasteiger partial charge in [-0.3, -0.25) is 4.79 Å². The molecule has 94 valence electrons. The second-order valence-electron chi connectivity index (χ2n) is 3.54. The van der Waals surface area contributed by atoms with Crippen LogP contribution in [0.3, 0.4) is 0 Å². The lowest BCUT2D eigenvalue weighted by Gasteiger charge is -2.05. The molecule has 0 spiro atoms. The summed E-state index contributed by atoms with van der Waals surface area (Å²) in [5.74, 6) is -0.357. The topological polar surface area (TPSA) is 63.2 Å². The SMILES string of the molecule is CS(=O)(=O)CCNC(=O)c1cc(Br)cc(Br)c1. The Hall–Kier alpha value is -0.400. The second-order valence-corrected chi connectivity index (χ2v) is 7.64. The van der Waals surface area contributed by atoms with E-state index in [0.717, 1.165) is 15.2 Å². The van der Waals surface area contributed by atoms with E-state index >= 15 is 0 Å². The Morgan fingerprint density at radius 1 is 1.24 bits per heavy atom. The molecule has 0 saturated heterocycles. The summed E-state index contributed by atoms with van der Waals surface area (Å²) in [6.45, 7) is 0.113. The largest absolute Gasteiger partial charge is 0.351 e. The van der Waals surface area contributed by atoms with Gasteiger partial charge in [-0.05, 0) is 18.2 Å². The molecule has 0 heterocycles. The van der Waals surface area contributed by atoms with Crippen LogP contribution in [0, 0.1) is 0 Å². The van der Waals surface area contributed by atoms with Crippen molar-refractivity contribution in [1.29, 1.82) is 0 Å². The number of amides is 1. The van der Waals surface area contributed by atoms with Crippen LogP contribution in [-0.4, -0.2) is 32.9 Å². The molecule has 0 bridgehead atoms. The van der Waals surface area contributed by atoms with E-state index in [1.165, 1.54) is 0 Å². The fraction of sp³-hybridized carbons (Fsp3) is 0.300. The minimum atomic E-state index is -3.05. The average Bonchev–Trinajstić information content (AvgIpc) is 2.13. The highest BCUT2D eigenvalue weighted by Crippen LogP contribution is 2.19. The van der Waals surface area contributed by atoms with Gasteiger partial charge in [0, 0.05) is 27.3 Å². The highest BCUT2D eigenvalue weighted by Gasteiger charge is 2.08. The van der Waals surface area contributed by atoms with Crippen LogP contribution in [0.2, 0.25) is 0 Å². The molecule has 0 aromatic heterocycles. The van der Waals surface area contributed by atoms with Crippen LogP contribution in [0.25, 0.3) is 0 Å². The quantitative estimate of drug-likeness (QED) is 0.863. The molecule has 0 unspecified atom stereocenters. The van der Waals surface area contributed by atoms with Gasteiger partial charge in [-0.2, -0.15) is 0 Å². The first kappa shape index (κ1) is 14.7. The lowest BCUT2D eigenvalue weighted by atomic mass is 10.2. The third-order valence-electron chi connectivity index (χ3n) is 1.88. The molecule has 4 nitrogen and oxygen atoms in total. The van der Waals surface area contributed by atoms with E-state index in [1.807, 2.05) is 6.07 Å². The van der Waals surface area contributed by atoms with Crippen molar-refractivity contribution in [2.24, 2.45) is 0 Å². The van der Waals surface area contributed by atoms with Crippen molar-refractivity contribution in [1.82, 2.24) is 5.32 Å². The number of benzene rings is 1. The van der Waals surface area contributed by atoms with Crippen molar-refractivity contribution in [2.75, 3.05) is 18.6 Å². The second kappa shape index (κ2) is 5.97. The number of hydrogen-bond acceptors (Lipinski definition) is 3. The van der Waals surface area contributed by atoms with Gasteiger partial charge in [-0.25, -0.2) is 8.42 Å². The summed E-state index contributed by atoms with van der Waals surface area (Å²) in [4.78, 5) is 11.7. The van der Waals surface area contributed by atoms with Gasteiger partial charge in [0.1, 0.15) is 9.84 Å². The number of halogens is 2. The van der Waals surface area contributed by atoms with Crippen LogP contribution < -0.4 is 5.32 Å². The fourth-order valence-corrected chi connectivity index (χ4v) is 2.90. The predicted octanol–water partition coefficient (Wildman–Crippen LogP) is 1.99. The monoisotopic (exact) mass is 383 g/mol. The number of hydrogen-bond donors (Lipinski definition) is 1. The summed E-state index contributed by atoms with van der Waals surface area (Å²) in [5, 5.41) is 2.55.